The molecule has 0 spiro atoms. The summed E-state index contributed by atoms with van der Waals surface area (Å²) in [5, 5.41) is 1.25. The van der Waals surface area contributed by atoms with Gasteiger partial charge in [-0.15, -0.1) is 0 Å². The molecule has 1 heterocycles. The first-order chi connectivity index (χ1) is 6.29. The van der Waals surface area contributed by atoms with Crippen molar-refractivity contribution in [1.29, 1.82) is 0 Å². The van der Waals surface area contributed by atoms with Crippen LogP contribution in [0.4, 0.5) is 0 Å². The van der Waals surface area contributed by atoms with Gasteiger partial charge in [-0.3, -0.25) is 4.79 Å². The summed E-state index contributed by atoms with van der Waals surface area (Å²) in [6.45, 7) is 11.2. The molecule has 0 N–H and O–H groups in total. The lowest BCUT2D eigenvalue weighted by Crippen LogP contribution is -2.48. The Morgan fingerprint density at radius 3 is 2.29 bits per heavy atom. The van der Waals surface area contributed by atoms with Gasteiger partial charge < -0.3 is 4.42 Å². The normalized spacial score (nSPS) is 12.9. The zero-order valence-electron chi connectivity index (χ0n) is 9.55. The average molecular weight is 210 g/mol. The van der Waals surface area contributed by atoms with Gasteiger partial charge in [-0.05, 0) is 11.1 Å². The van der Waals surface area contributed by atoms with Crippen LogP contribution in [0.2, 0.25) is 18.1 Å². The second-order valence-electron chi connectivity index (χ2n) is 5.24. The average Bonchev–Trinajstić information content (AvgIpc) is 2.49. The number of hydrogen-bond acceptors (Lipinski definition) is 2. The van der Waals surface area contributed by atoms with E-state index in [0.29, 0.717) is 5.56 Å². The highest BCUT2D eigenvalue weighted by molar-refractivity contribution is 6.91. The Morgan fingerprint density at radius 1 is 1.36 bits per heavy atom. The first kappa shape index (κ1) is 11.2. The van der Waals surface area contributed by atoms with Crippen molar-refractivity contribution >= 4 is 19.7 Å². The molecular formula is C11H18O2Si. The monoisotopic (exact) mass is 210 g/mol. The van der Waals surface area contributed by atoms with E-state index in [0.717, 1.165) is 11.7 Å². The van der Waals surface area contributed by atoms with E-state index in [4.69, 9.17) is 4.42 Å². The molecule has 0 amide bonds. The third-order valence-corrected chi connectivity index (χ3v) is 8.49. The van der Waals surface area contributed by atoms with E-state index < -0.39 is 8.07 Å². The summed E-state index contributed by atoms with van der Waals surface area (Å²) in [6.07, 6.45) is 2.38. The lowest BCUT2D eigenvalue weighted by molar-refractivity contribution is 0.112. The fourth-order valence-corrected chi connectivity index (χ4v) is 2.73. The van der Waals surface area contributed by atoms with Crippen molar-refractivity contribution in [2.45, 2.75) is 38.9 Å². The molecule has 0 aromatic carbocycles. The Balaban J connectivity index is 3.09. The van der Waals surface area contributed by atoms with Crippen molar-refractivity contribution < 1.29 is 9.21 Å². The molecular weight excluding hydrogens is 192 g/mol. The van der Waals surface area contributed by atoms with Crippen LogP contribution in [0, 0.1) is 0 Å². The number of carbonyl (C=O) groups is 1. The van der Waals surface area contributed by atoms with Crippen molar-refractivity contribution in [1.82, 2.24) is 0 Å². The second-order valence-corrected chi connectivity index (χ2v) is 10.5. The van der Waals surface area contributed by atoms with Crippen molar-refractivity contribution in [3.05, 3.63) is 17.9 Å². The van der Waals surface area contributed by atoms with Crippen LogP contribution in [0.5, 0.6) is 0 Å². The Hall–Kier alpha value is -0.833. The topological polar surface area (TPSA) is 30.2 Å². The van der Waals surface area contributed by atoms with Crippen LogP contribution >= 0.6 is 0 Å². The number of aldehydes is 1. The predicted octanol–water partition coefficient (Wildman–Crippen LogP) is 2.81. The molecule has 0 unspecified atom stereocenters. The van der Waals surface area contributed by atoms with E-state index >= 15 is 0 Å². The molecule has 2 nitrogen and oxygen atoms in total. The van der Waals surface area contributed by atoms with Gasteiger partial charge in [0, 0.05) is 0 Å². The minimum atomic E-state index is -1.60. The summed E-state index contributed by atoms with van der Waals surface area (Å²) in [5.74, 6) is 0. The SMILES string of the molecule is CC(C)(C)[Si](C)(C)c1cc(C=O)co1. The van der Waals surface area contributed by atoms with Gasteiger partial charge in [-0.25, -0.2) is 0 Å². The highest BCUT2D eigenvalue weighted by Gasteiger charge is 2.39. The Kier molecular flexibility index (Phi) is 2.72. The zero-order chi connectivity index (χ0) is 11.0. The standard InChI is InChI=1S/C11H18O2Si/c1-11(2,3)14(4,5)10-6-9(7-12)8-13-10/h6-8H,1-5H3. The molecule has 78 valence electrons. The summed E-state index contributed by atoms with van der Waals surface area (Å²) in [5.41, 5.74) is 0.643. The fourth-order valence-electron chi connectivity index (χ4n) is 1.11. The summed E-state index contributed by atoms with van der Waals surface area (Å²) in [7, 11) is -1.60. The van der Waals surface area contributed by atoms with Crippen LogP contribution in [0.1, 0.15) is 31.1 Å². The first-order valence-electron chi connectivity index (χ1n) is 4.83. The van der Waals surface area contributed by atoms with Crippen molar-refractivity contribution in [2.75, 3.05) is 0 Å². The largest absolute Gasteiger partial charge is 0.474 e. The van der Waals surface area contributed by atoms with Gasteiger partial charge in [-0.1, -0.05) is 33.9 Å². The maximum Gasteiger partial charge on any atom is 0.153 e. The molecule has 0 radical (unpaired) electrons. The molecule has 14 heavy (non-hydrogen) atoms. The van der Waals surface area contributed by atoms with E-state index in [-0.39, 0.29) is 5.04 Å². The van der Waals surface area contributed by atoms with Crippen LogP contribution in [-0.4, -0.2) is 14.4 Å². The van der Waals surface area contributed by atoms with Crippen molar-refractivity contribution in [2.24, 2.45) is 0 Å². The molecule has 3 heteroatoms. The van der Waals surface area contributed by atoms with Crippen molar-refractivity contribution in [3.8, 4) is 0 Å². The molecule has 0 atom stereocenters. The Labute approximate surface area is 86.3 Å². The molecule has 0 aliphatic heterocycles. The van der Waals surface area contributed by atoms with Gasteiger partial charge in [0.2, 0.25) is 0 Å². The number of carbonyl (C=O) groups excluding carboxylic acids is 1. The van der Waals surface area contributed by atoms with Crippen LogP contribution in [0.3, 0.4) is 0 Å². The van der Waals surface area contributed by atoms with Crippen LogP contribution in [0.15, 0.2) is 16.7 Å². The van der Waals surface area contributed by atoms with Gasteiger partial charge >= 0.3 is 0 Å². The summed E-state index contributed by atoms with van der Waals surface area (Å²) in [6, 6.07) is 1.88. The fraction of sp³-hybridized carbons (Fsp3) is 0.545. The van der Waals surface area contributed by atoms with Crippen LogP contribution in [-0.2, 0) is 0 Å². The molecule has 1 aromatic heterocycles. The number of rotatable bonds is 2. The molecule has 1 rings (SSSR count). The minimum Gasteiger partial charge on any atom is -0.474 e. The highest BCUT2D eigenvalue weighted by atomic mass is 28.3. The van der Waals surface area contributed by atoms with Gasteiger partial charge in [-0.2, -0.15) is 0 Å². The lowest BCUT2D eigenvalue weighted by Gasteiger charge is -2.34. The predicted molar refractivity (Wildman–Crippen MR) is 60.9 cm³/mol. The first-order valence-corrected chi connectivity index (χ1v) is 7.83. The van der Waals surface area contributed by atoms with Gasteiger partial charge in [0.25, 0.3) is 0 Å². The van der Waals surface area contributed by atoms with Crippen molar-refractivity contribution in [3.63, 3.8) is 0 Å². The minimum absolute atomic E-state index is 0.241. The molecule has 0 aliphatic rings. The summed E-state index contributed by atoms with van der Waals surface area (Å²) < 4.78 is 5.48. The molecule has 0 bridgehead atoms. The van der Waals surface area contributed by atoms with E-state index in [1.165, 1.54) is 0 Å². The number of hydrogen-bond donors (Lipinski definition) is 0. The van der Waals surface area contributed by atoms with E-state index in [2.05, 4.69) is 33.9 Å². The molecule has 0 aliphatic carbocycles. The zero-order valence-corrected chi connectivity index (χ0v) is 10.5. The maximum atomic E-state index is 10.6. The third kappa shape index (κ3) is 1.82. The van der Waals surface area contributed by atoms with E-state index in [1.807, 2.05) is 6.07 Å². The van der Waals surface area contributed by atoms with Gasteiger partial charge in [0.15, 0.2) is 6.29 Å². The highest BCUT2D eigenvalue weighted by Crippen LogP contribution is 2.35. The lowest BCUT2D eigenvalue weighted by atomic mass is 10.2. The van der Waals surface area contributed by atoms with Crippen LogP contribution < -0.4 is 5.38 Å². The second kappa shape index (κ2) is 3.39. The Morgan fingerprint density at radius 2 is 1.93 bits per heavy atom. The molecule has 0 saturated carbocycles. The van der Waals surface area contributed by atoms with Gasteiger partial charge in [0.05, 0.1) is 10.9 Å². The summed E-state index contributed by atoms with van der Waals surface area (Å²) >= 11 is 0. The summed E-state index contributed by atoms with van der Waals surface area (Å²) in [4.78, 5) is 10.6. The van der Waals surface area contributed by atoms with E-state index in [1.54, 1.807) is 6.26 Å². The number of furan rings is 1. The van der Waals surface area contributed by atoms with Gasteiger partial charge in [0.1, 0.15) is 14.3 Å². The molecule has 0 saturated heterocycles. The third-order valence-electron chi connectivity index (χ3n) is 3.25. The maximum absolute atomic E-state index is 10.6. The van der Waals surface area contributed by atoms with Crippen LogP contribution in [0.25, 0.3) is 0 Å². The molecule has 0 fully saturated rings. The van der Waals surface area contributed by atoms with E-state index in [9.17, 15) is 4.79 Å². The quantitative estimate of drug-likeness (QED) is 0.555. The Bertz CT molecular complexity index is 331. The molecule has 1 aromatic rings. The smallest absolute Gasteiger partial charge is 0.153 e.